The van der Waals surface area contributed by atoms with E-state index in [9.17, 15) is 14.4 Å². The van der Waals surface area contributed by atoms with E-state index in [1.807, 2.05) is 71.0 Å². The summed E-state index contributed by atoms with van der Waals surface area (Å²) in [5.41, 5.74) is 2.41. The molecule has 3 heterocycles. The number of nitrogens with zero attached hydrogens (tertiary/aromatic N) is 5. The number of benzene rings is 2. The molecule has 0 spiro atoms. The van der Waals surface area contributed by atoms with Gasteiger partial charge in [0, 0.05) is 25.8 Å². The molecule has 0 fully saturated rings. The lowest BCUT2D eigenvalue weighted by molar-refractivity contribution is -0.145. The van der Waals surface area contributed by atoms with Gasteiger partial charge < -0.3 is 14.2 Å². The van der Waals surface area contributed by atoms with E-state index in [1.165, 1.54) is 4.57 Å². The molecule has 0 aliphatic carbocycles. The minimum atomic E-state index is -0.651. The number of aryl methyl sites for hydroxylation is 3. The lowest BCUT2D eigenvalue weighted by atomic mass is 10.2. The first kappa shape index (κ1) is 21.7. The van der Waals surface area contributed by atoms with Crippen molar-refractivity contribution in [3.63, 3.8) is 0 Å². The van der Waals surface area contributed by atoms with Crippen LogP contribution >= 0.6 is 0 Å². The first-order valence-electron chi connectivity index (χ1n) is 11.2. The van der Waals surface area contributed by atoms with Gasteiger partial charge in [0.2, 0.25) is 5.95 Å². The molecular formula is C25H25N5O4. The van der Waals surface area contributed by atoms with Crippen molar-refractivity contribution < 1.29 is 9.53 Å². The van der Waals surface area contributed by atoms with Gasteiger partial charge in [-0.15, -0.1) is 0 Å². The van der Waals surface area contributed by atoms with Crippen molar-refractivity contribution in [1.29, 1.82) is 0 Å². The Morgan fingerprint density at radius 3 is 2.50 bits per heavy atom. The Kier molecular flexibility index (Phi) is 5.53. The van der Waals surface area contributed by atoms with Crippen LogP contribution in [0.2, 0.25) is 0 Å². The first-order valence-corrected chi connectivity index (χ1v) is 11.2. The zero-order valence-corrected chi connectivity index (χ0v) is 19.1. The highest BCUT2D eigenvalue weighted by molar-refractivity contribution is 5.77. The number of esters is 1. The van der Waals surface area contributed by atoms with Crippen molar-refractivity contribution in [3.8, 4) is 0 Å². The van der Waals surface area contributed by atoms with Gasteiger partial charge in [-0.25, -0.2) is 9.36 Å². The molecule has 2 aromatic heterocycles. The maximum Gasteiger partial charge on any atom is 0.333 e. The van der Waals surface area contributed by atoms with E-state index in [4.69, 9.17) is 4.74 Å². The van der Waals surface area contributed by atoms with Crippen LogP contribution < -0.4 is 16.1 Å². The molecule has 174 valence electrons. The highest BCUT2D eigenvalue weighted by atomic mass is 16.5. The Bertz CT molecular complexity index is 1480. The minimum absolute atomic E-state index is 0.0740. The highest BCUT2D eigenvalue weighted by Crippen LogP contribution is 2.30. The minimum Gasteiger partial charge on any atom is -0.459 e. The highest BCUT2D eigenvalue weighted by Gasteiger charge is 2.27. The molecule has 9 heteroatoms. The summed E-state index contributed by atoms with van der Waals surface area (Å²) in [5.74, 6) is -0.0383. The van der Waals surface area contributed by atoms with Crippen LogP contribution in [0.25, 0.3) is 11.2 Å². The van der Waals surface area contributed by atoms with Crippen LogP contribution in [0.5, 0.6) is 0 Å². The Labute approximate surface area is 195 Å². The number of rotatable bonds is 5. The summed E-state index contributed by atoms with van der Waals surface area (Å²) < 4.78 is 9.38. The number of aromatic nitrogens is 4. The molecule has 0 N–H and O–H groups in total. The number of anilines is 2. The average molecular weight is 460 g/mol. The molecule has 4 aromatic rings. The third kappa shape index (κ3) is 3.79. The van der Waals surface area contributed by atoms with Gasteiger partial charge in [-0.05, 0) is 31.0 Å². The summed E-state index contributed by atoms with van der Waals surface area (Å²) in [6.45, 7) is 2.99. The fourth-order valence-corrected chi connectivity index (χ4v) is 4.29. The number of carbonyl (C=O) groups is 1. The molecule has 0 saturated heterocycles. The van der Waals surface area contributed by atoms with Gasteiger partial charge in [0.15, 0.2) is 11.2 Å². The molecule has 9 nitrogen and oxygen atoms in total. The van der Waals surface area contributed by atoms with Crippen LogP contribution in [0, 0.1) is 6.92 Å². The predicted octanol–water partition coefficient (Wildman–Crippen LogP) is 2.49. The van der Waals surface area contributed by atoms with Gasteiger partial charge in [-0.2, -0.15) is 4.98 Å². The monoisotopic (exact) mass is 459 g/mol. The van der Waals surface area contributed by atoms with Crippen molar-refractivity contribution in [2.75, 3.05) is 11.4 Å². The number of fused-ring (bicyclic) bond motifs is 3. The lowest BCUT2D eigenvalue weighted by Crippen LogP contribution is -2.41. The Morgan fingerprint density at radius 1 is 1.03 bits per heavy atom. The van der Waals surface area contributed by atoms with E-state index in [2.05, 4.69) is 4.98 Å². The number of hydrogen-bond donors (Lipinski definition) is 0. The summed E-state index contributed by atoms with van der Waals surface area (Å²) >= 11 is 0. The molecule has 0 amide bonds. The number of hydrogen-bond acceptors (Lipinski definition) is 6. The standard InChI is InChI=1S/C25H25N5O4/c1-17-9-11-19(12-10-17)28-13-6-14-29-21-22(26-24(28)29)27(2)25(33)30(23(21)32)15-20(31)34-16-18-7-4-3-5-8-18/h3-5,7-12H,6,13-16H2,1-2H3. The van der Waals surface area contributed by atoms with Gasteiger partial charge in [0.25, 0.3) is 5.56 Å². The van der Waals surface area contributed by atoms with Gasteiger partial charge in [-0.3, -0.25) is 14.2 Å². The molecule has 0 unspecified atom stereocenters. The van der Waals surface area contributed by atoms with E-state index in [0.717, 1.165) is 34.3 Å². The molecule has 1 aliphatic rings. The van der Waals surface area contributed by atoms with E-state index >= 15 is 0 Å². The molecule has 5 rings (SSSR count). The lowest BCUT2D eigenvalue weighted by Gasteiger charge is -2.29. The van der Waals surface area contributed by atoms with Crippen LogP contribution in [0.3, 0.4) is 0 Å². The largest absolute Gasteiger partial charge is 0.459 e. The third-order valence-corrected chi connectivity index (χ3v) is 6.09. The summed E-state index contributed by atoms with van der Waals surface area (Å²) in [4.78, 5) is 45.6. The molecule has 1 aliphatic heterocycles. The Hall–Kier alpha value is -4.14. The van der Waals surface area contributed by atoms with Crippen LogP contribution in [-0.2, 0) is 36.3 Å². The first-order chi connectivity index (χ1) is 16.4. The van der Waals surface area contributed by atoms with Crippen LogP contribution in [0.1, 0.15) is 17.5 Å². The molecule has 0 radical (unpaired) electrons. The van der Waals surface area contributed by atoms with Crippen molar-refractivity contribution >= 4 is 28.8 Å². The normalized spacial score (nSPS) is 13.2. The van der Waals surface area contributed by atoms with Gasteiger partial charge >= 0.3 is 11.7 Å². The second-order valence-electron chi connectivity index (χ2n) is 8.46. The van der Waals surface area contributed by atoms with E-state index in [-0.39, 0.29) is 6.61 Å². The molecule has 0 saturated carbocycles. The smallest absolute Gasteiger partial charge is 0.333 e. The van der Waals surface area contributed by atoms with Crippen molar-refractivity contribution in [2.45, 2.75) is 33.0 Å². The molecular weight excluding hydrogens is 434 g/mol. The molecule has 0 atom stereocenters. The maximum absolute atomic E-state index is 13.4. The van der Waals surface area contributed by atoms with Crippen LogP contribution in [-0.4, -0.2) is 31.2 Å². The Balaban J connectivity index is 1.52. The maximum atomic E-state index is 13.4. The predicted molar refractivity (Wildman–Crippen MR) is 128 cm³/mol. The van der Waals surface area contributed by atoms with Crippen molar-refractivity contribution in [2.24, 2.45) is 7.05 Å². The second kappa shape index (κ2) is 8.66. The van der Waals surface area contributed by atoms with Gasteiger partial charge in [0.05, 0.1) is 0 Å². The number of ether oxygens (including phenoxy) is 1. The summed E-state index contributed by atoms with van der Waals surface area (Å²) in [7, 11) is 1.56. The summed E-state index contributed by atoms with van der Waals surface area (Å²) in [6, 6.07) is 17.3. The fraction of sp³-hybridized carbons (Fsp3) is 0.280. The van der Waals surface area contributed by atoms with Crippen LogP contribution in [0.4, 0.5) is 11.6 Å². The van der Waals surface area contributed by atoms with E-state index < -0.39 is 23.8 Å². The zero-order chi connectivity index (χ0) is 23.8. The van der Waals surface area contributed by atoms with E-state index in [0.29, 0.717) is 23.7 Å². The molecule has 0 bridgehead atoms. The van der Waals surface area contributed by atoms with Crippen LogP contribution in [0.15, 0.2) is 64.2 Å². The topological polar surface area (TPSA) is 91.4 Å². The molecule has 34 heavy (non-hydrogen) atoms. The van der Waals surface area contributed by atoms with Crippen molar-refractivity contribution in [1.82, 2.24) is 18.7 Å². The zero-order valence-electron chi connectivity index (χ0n) is 19.1. The quantitative estimate of drug-likeness (QED) is 0.426. The van der Waals surface area contributed by atoms with Crippen molar-refractivity contribution in [3.05, 3.63) is 86.6 Å². The van der Waals surface area contributed by atoms with Gasteiger partial charge in [0.1, 0.15) is 13.2 Å². The molecule has 2 aromatic carbocycles. The average Bonchev–Trinajstić information content (AvgIpc) is 3.25. The number of imidazole rings is 1. The fourth-order valence-electron chi connectivity index (χ4n) is 4.29. The third-order valence-electron chi connectivity index (χ3n) is 6.09. The summed E-state index contributed by atoms with van der Waals surface area (Å²) in [5, 5.41) is 0. The SMILES string of the molecule is Cc1ccc(N2CCCn3c2nc2c3c(=O)n(CC(=O)OCc3ccccc3)c(=O)n2C)cc1. The Morgan fingerprint density at radius 2 is 1.76 bits per heavy atom. The number of carbonyl (C=O) groups excluding carboxylic acids is 1. The second-order valence-corrected chi connectivity index (χ2v) is 8.46. The summed E-state index contributed by atoms with van der Waals surface area (Å²) in [6.07, 6.45) is 0.813. The van der Waals surface area contributed by atoms with E-state index in [1.54, 1.807) is 7.05 Å². The van der Waals surface area contributed by atoms with Gasteiger partial charge in [-0.1, -0.05) is 48.0 Å².